The Morgan fingerprint density at radius 3 is 1.44 bits per heavy atom. The van der Waals surface area contributed by atoms with Gasteiger partial charge in [0.05, 0.1) is 26.7 Å². The largest absolute Gasteiger partial charge is 0.387 e. The Balaban J connectivity index is 0.000000303. The van der Waals surface area contributed by atoms with E-state index < -0.39 is 17.9 Å². The van der Waals surface area contributed by atoms with Gasteiger partial charge in [0.15, 0.2) is 0 Å². The maximum atomic E-state index is 11.8. The van der Waals surface area contributed by atoms with Gasteiger partial charge in [0.1, 0.15) is 0 Å². The second-order valence-corrected chi connectivity index (χ2v) is 7.42. The van der Waals surface area contributed by atoms with Crippen LogP contribution in [0.2, 0.25) is 20.1 Å². The van der Waals surface area contributed by atoms with Crippen molar-refractivity contribution >= 4 is 64.3 Å². The van der Waals surface area contributed by atoms with Crippen LogP contribution in [0, 0.1) is 0 Å². The van der Waals surface area contributed by atoms with E-state index in [1.165, 1.54) is 36.4 Å². The van der Waals surface area contributed by atoms with Crippen LogP contribution in [0.25, 0.3) is 0 Å². The molecular formula is C21H12Cl4O7. The normalized spacial score (nSPS) is 9.78. The number of rotatable bonds is 3. The highest BCUT2D eigenvalue weighted by Crippen LogP contribution is 2.23. The Hall–Kier alpha value is -2.81. The molecule has 0 amide bonds. The highest BCUT2D eigenvalue weighted by atomic mass is 35.5. The van der Waals surface area contributed by atoms with Gasteiger partial charge in [0, 0.05) is 10.0 Å². The number of benzene rings is 3. The summed E-state index contributed by atoms with van der Waals surface area (Å²) in [5.41, 5.74) is 0.340. The van der Waals surface area contributed by atoms with Gasteiger partial charge in [0.2, 0.25) is 0 Å². The molecule has 7 nitrogen and oxygen atoms in total. The van der Waals surface area contributed by atoms with Gasteiger partial charge in [-0.05, 0) is 48.5 Å². The van der Waals surface area contributed by atoms with Crippen molar-refractivity contribution in [3.05, 3.63) is 104 Å². The van der Waals surface area contributed by atoms with E-state index in [-0.39, 0.29) is 21.2 Å². The van der Waals surface area contributed by atoms with Crippen molar-refractivity contribution in [1.29, 1.82) is 0 Å². The SMILES string of the molecule is O=C(OO)c1ccccc1.O=C(OOC(=O)c1ccc(Cl)cc1Cl)c1ccc(Cl)cc1Cl. The van der Waals surface area contributed by atoms with E-state index >= 15 is 0 Å². The lowest BCUT2D eigenvalue weighted by Crippen LogP contribution is -2.12. The summed E-state index contributed by atoms with van der Waals surface area (Å²) in [5.74, 6) is -2.62. The molecule has 32 heavy (non-hydrogen) atoms. The highest BCUT2D eigenvalue weighted by Gasteiger charge is 2.18. The molecule has 0 radical (unpaired) electrons. The maximum Gasteiger partial charge on any atom is 0.387 e. The zero-order valence-electron chi connectivity index (χ0n) is 15.8. The van der Waals surface area contributed by atoms with E-state index in [9.17, 15) is 14.4 Å². The lowest BCUT2D eigenvalue weighted by molar-refractivity contribution is -0.187. The standard InChI is InChI=1S/C14H6Cl4O4.C7H6O3/c15-7-1-3-9(11(17)5-7)13(19)21-22-14(20)10-4-2-8(16)6-12(10)18;8-7(10-9)6-4-2-1-3-5-6/h1-6H;1-5,9H. The molecule has 1 N–H and O–H groups in total. The fraction of sp³-hybridized carbons (Fsp3) is 0. The smallest absolute Gasteiger partial charge is 0.296 e. The van der Waals surface area contributed by atoms with Gasteiger partial charge in [-0.15, -0.1) is 0 Å². The van der Waals surface area contributed by atoms with Gasteiger partial charge in [-0.25, -0.2) is 24.2 Å². The molecular weight excluding hydrogens is 506 g/mol. The Morgan fingerprint density at radius 1 is 0.625 bits per heavy atom. The van der Waals surface area contributed by atoms with Crippen LogP contribution < -0.4 is 0 Å². The van der Waals surface area contributed by atoms with Gasteiger partial charge < -0.3 is 0 Å². The average molecular weight is 518 g/mol. The van der Waals surface area contributed by atoms with E-state index in [4.69, 9.17) is 51.7 Å². The highest BCUT2D eigenvalue weighted by molar-refractivity contribution is 6.37. The molecule has 0 bridgehead atoms. The molecule has 0 spiro atoms. The van der Waals surface area contributed by atoms with Gasteiger partial charge in [-0.2, -0.15) is 5.26 Å². The Kier molecular flexibility index (Phi) is 9.77. The first-order valence-corrected chi connectivity index (χ1v) is 9.98. The first kappa shape index (κ1) is 25.5. The monoisotopic (exact) mass is 516 g/mol. The Morgan fingerprint density at radius 2 is 1.06 bits per heavy atom. The van der Waals surface area contributed by atoms with Crippen molar-refractivity contribution in [3.8, 4) is 0 Å². The molecule has 0 saturated heterocycles. The van der Waals surface area contributed by atoms with Crippen LogP contribution in [0.1, 0.15) is 31.1 Å². The predicted molar refractivity (Wildman–Crippen MR) is 118 cm³/mol. The fourth-order valence-electron chi connectivity index (χ4n) is 2.10. The van der Waals surface area contributed by atoms with Crippen molar-refractivity contribution < 1.29 is 34.3 Å². The van der Waals surface area contributed by atoms with E-state index in [1.54, 1.807) is 30.3 Å². The molecule has 0 unspecified atom stereocenters. The summed E-state index contributed by atoms with van der Waals surface area (Å²) in [6, 6.07) is 16.6. The van der Waals surface area contributed by atoms with E-state index in [1.807, 2.05) is 0 Å². The molecule has 166 valence electrons. The predicted octanol–water partition coefficient (Wildman–Crippen LogP) is 6.55. The summed E-state index contributed by atoms with van der Waals surface area (Å²) in [6.45, 7) is 0. The minimum atomic E-state index is -0.944. The number of hydrogen-bond donors (Lipinski definition) is 1. The molecule has 0 atom stereocenters. The number of hydrogen-bond acceptors (Lipinski definition) is 7. The third-order valence-electron chi connectivity index (χ3n) is 3.59. The fourth-order valence-corrected chi connectivity index (χ4v) is 3.07. The summed E-state index contributed by atoms with van der Waals surface area (Å²) in [4.78, 5) is 46.5. The zero-order valence-corrected chi connectivity index (χ0v) is 18.8. The zero-order chi connectivity index (χ0) is 23.7. The van der Waals surface area contributed by atoms with Gasteiger partial charge >= 0.3 is 17.9 Å². The van der Waals surface area contributed by atoms with Crippen LogP contribution in [0.4, 0.5) is 0 Å². The lowest BCUT2D eigenvalue weighted by atomic mass is 10.2. The lowest BCUT2D eigenvalue weighted by Gasteiger charge is -2.06. The Bertz CT molecular complexity index is 1060. The van der Waals surface area contributed by atoms with Crippen molar-refractivity contribution in [2.45, 2.75) is 0 Å². The quantitative estimate of drug-likeness (QED) is 0.310. The number of halogens is 4. The molecule has 0 aliphatic heterocycles. The molecule has 0 aliphatic rings. The molecule has 11 heteroatoms. The van der Waals surface area contributed by atoms with E-state index in [2.05, 4.69) is 14.7 Å². The van der Waals surface area contributed by atoms with Crippen LogP contribution in [-0.2, 0) is 14.7 Å². The van der Waals surface area contributed by atoms with Crippen LogP contribution in [-0.4, -0.2) is 23.2 Å². The molecule has 0 fully saturated rings. The topological polar surface area (TPSA) is 99.1 Å². The third kappa shape index (κ3) is 7.40. The van der Waals surface area contributed by atoms with Gasteiger partial charge in [-0.1, -0.05) is 64.6 Å². The van der Waals surface area contributed by atoms with Crippen molar-refractivity contribution in [3.63, 3.8) is 0 Å². The number of carbonyl (C=O) groups is 3. The molecule has 0 aromatic heterocycles. The first-order valence-electron chi connectivity index (χ1n) is 8.47. The van der Waals surface area contributed by atoms with Crippen molar-refractivity contribution in [1.82, 2.24) is 0 Å². The van der Waals surface area contributed by atoms with Crippen LogP contribution in [0.5, 0.6) is 0 Å². The molecule has 0 aliphatic carbocycles. The summed E-state index contributed by atoms with van der Waals surface area (Å²) in [7, 11) is 0. The maximum absolute atomic E-state index is 11.8. The summed E-state index contributed by atoms with van der Waals surface area (Å²) in [5, 5.41) is 8.78. The molecule has 0 saturated carbocycles. The van der Waals surface area contributed by atoms with E-state index in [0.717, 1.165) is 0 Å². The van der Waals surface area contributed by atoms with Crippen LogP contribution in [0.15, 0.2) is 66.7 Å². The van der Waals surface area contributed by atoms with Gasteiger partial charge in [0.25, 0.3) is 0 Å². The number of carbonyl (C=O) groups excluding carboxylic acids is 3. The average Bonchev–Trinajstić information content (AvgIpc) is 2.77. The van der Waals surface area contributed by atoms with Crippen molar-refractivity contribution in [2.24, 2.45) is 0 Å². The minimum Gasteiger partial charge on any atom is -0.296 e. The third-order valence-corrected chi connectivity index (χ3v) is 4.68. The second-order valence-electron chi connectivity index (χ2n) is 5.73. The molecule has 3 aromatic rings. The second kappa shape index (κ2) is 12.3. The van der Waals surface area contributed by atoms with E-state index in [0.29, 0.717) is 15.6 Å². The summed E-state index contributed by atoms with van der Waals surface area (Å²) < 4.78 is 0. The molecule has 3 rings (SSSR count). The van der Waals surface area contributed by atoms with Crippen molar-refractivity contribution in [2.75, 3.05) is 0 Å². The Labute approximate surface area is 201 Å². The van der Waals surface area contributed by atoms with Crippen LogP contribution in [0.3, 0.4) is 0 Å². The first-order chi connectivity index (χ1) is 15.2. The van der Waals surface area contributed by atoms with Crippen LogP contribution >= 0.6 is 46.4 Å². The van der Waals surface area contributed by atoms with Gasteiger partial charge in [-0.3, -0.25) is 4.89 Å². The summed E-state index contributed by atoms with van der Waals surface area (Å²) >= 11 is 23.1. The molecule has 3 aromatic carbocycles. The minimum absolute atomic E-state index is 0.000990. The summed E-state index contributed by atoms with van der Waals surface area (Å²) in [6.07, 6.45) is 0. The molecule has 0 heterocycles.